The van der Waals surface area contributed by atoms with Crippen molar-refractivity contribution in [2.45, 2.75) is 32.2 Å². The van der Waals surface area contributed by atoms with Gasteiger partial charge in [0.05, 0.1) is 12.3 Å². The van der Waals surface area contributed by atoms with Crippen molar-refractivity contribution in [1.82, 2.24) is 14.8 Å². The Morgan fingerprint density at radius 1 is 1.17 bits per heavy atom. The maximum Gasteiger partial charge on any atom is 0.0543 e. The molecular formula is C19H29N3O. The molecule has 0 N–H and O–H groups in total. The van der Waals surface area contributed by atoms with E-state index in [0.29, 0.717) is 5.41 Å². The van der Waals surface area contributed by atoms with Crippen molar-refractivity contribution in [3.05, 3.63) is 30.1 Å². The molecule has 4 nitrogen and oxygen atoms in total. The summed E-state index contributed by atoms with van der Waals surface area (Å²) in [7, 11) is 0. The quantitative estimate of drug-likeness (QED) is 0.853. The monoisotopic (exact) mass is 315 g/mol. The van der Waals surface area contributed by atoms with Gasteiger partial charge in [0, 0.05) is 39.0 Å². The zero-order valence-electron chi connectivity index (χ0n) is 14.1. The van der Waals surface area contributed by atoms with E-state index in [1.165, 1.54) is 64.1 Å². The van der Waals surface area contributed by atoms with Gasteiger partial charge in [-0.25, -0.2) is 0 Å². The second-order valence-corrected chi connectivity index (χ2v) is 7.85. The molecule has 1 spiro atoms. The Balaban J connectivity index is 1.33. The van der Waals surface area contributed by atoms with Gasteiger partial charge in [0.1, 0.15) is 0 Å². The van der Waals surface area contributed by atoms with Gasteiger partial charge in [-0.2, -0.15) is 0 Å². The molecule has 0 aliphatic carbocycles. The number of likely N-dealkylation sites (tertiary alicyclic amines) is 2. The summed E-state index contributed by atoms with van der Waals surface area (Å²) in [4.78, 5) is 9.85. The molecule has 3 aliphatic heterocycles. The molecule has 4 heterocycles. The predicted molar refractivity (Wildman–Crippen MR) is 91.2 cm³/mol. The zero-order chi connectivity index (χ0) is 15.5. The van der Waals surface area contributed by atoms with Gasteiger partial charge in [0.2, 0.25) is 0 Å². The van der Waals surface area contributed by atoms with Gasteiger partial charge in [-0.15, -0.1) is 0 Å². The molecule has 126 valence electrons. The molecular weight excluding hydrogens is 286 g/mol. The number of pyridine rings is 1. The zero-order valence-corrected chi connectivity index (χ0v) is 14.1. The molecule has 0 amide bonds. The predicted octanol–water partition coefficient (Wildman–Crippen LogP) is 2.41. The molecule has 0 aromatic carbocycles. The molecule has 4 rings (SSSR count). The molecule has 1 aromatic rings. The number of hydrogen-bond acceptors (Lipinski definition) is 4. The van der Waals surface area contributed by atoms with Crippen LogP contribution >= 0.6 is 0 Å². The summed E-state index contributed by atoms with van der Waals surface area (Å²) in [6, 6.07) is 6.26. The van der Waals surface area contributed by atoms with Crippen LogP contribution < -0.4 is 0 Å². The van der Waals surface area contributed by atoms with E-state index in [1.54, 1.807) is 0 Å². The first kappa shape index (κ1) is 15.6. The number of aromatic nitrogens is 1. The average molecular weight is 315 g/mol. The first-order valence-corrected chi connectivity index (χ1v) is 9.24. The van der Waals surface area contributed by atoms with Crippen LogP contribution in [0.1, 0.15) is 31.4 Å². The Bertz CT molecular complexity index is 503. The molecule has 2 unspecified atom stereocenters. The lowest BCUT2D eigenvalue weighted by Gasteiger charge is -2.40. The number of piperidine rings is 1. The standard InChI is InChI=1S/C19H29N3O/c1-2-8-20-18(4-1)13-21-9-3-6-19(15-21)7-10-22(16-19)12-17-5-11-23-14-17/h1-2,4,8,17H,3,5-7,9-16H2. The van der Waals surface area contributed by atoms with Crippen LogP contribution in [0.3, 0.4) is 0 Å². The Morgan fingerprint density at radius 2 is 2.13 bits per heavy atom. The minimum atomic E-state index is 0.534. The molecule has 0 bridgehead atoms. The van der Waals surface area contributed by atoms with Crippen LogP contribution in [0.15, 0.2) is 24.4 Å². The fourth-order valence-corrected chi connectivity index (χ4v) is 4.77. The lowest BCUT2D eigenvalue weighted by atomic mass is 9.79. The lowest BCUT2D eigenvalue weighted by molar-refractivity contribution is 0.0838. The summed E-state index contributed by atoms with van der Waals surface area (Å²) in [5.74, 6) is 0.776. The van der Waals surface area contributed by atoms with Crippen molar-refractivity contribution in [3.8, 4) is 0 Å². The van der Waals surface area contributed by atoms with Gasteiger partial charge in [0.25, 0.3) is 0 Å². The highest BCUT2D eigenvalue weighted by molar-refractivity contribution is 5.04. The normalized spacial score (nSPS) is 32.8. The van der Waals surface area contributed by atoms with E-state index in [9.17, 15) is 0 Å². The summed E-state index contributed by atoms with van der Waals surface area (Å²) in [6.07, 6.45) is 7.29. The van der Waals surface area contributed by atoms with E-state index in [-0.39, 0.29) is 0 Å². The summed E-state index contributed by atoms with van der Waals surface area (Å²) in [5.41, 5.74) is 1.74. The first-order valence-electron chi connectivity index (χ1n) is 9.24. The maximum atomic E-state index is 5.55. The van der Waals surface area contributed by atoms with Crippen molar-refractivity contribution < 1.29 is 4.74 Å². The van der Waals surface area contributed by atoms with Crippen LogP contribution in [0.5, 0.6) is 0 Å². The van der Waals surface area contributed by atoms with Gasteiger partial charge in [-0.1, -0.05) is 6.07 Å². The fourth-order valence-electron chi connectivity index (χ4n) is 4.77. The van der Waals surface area contributed by atoms with Crippen LogP contribution in [0.4, 0.5) is 0 Å². The Morgan fingerprint density at radius 3 is 2.96 bits per heavy atom. The van der Waals surface area contributed by atoms with Crippen molar-refractivity contribution in [3.63, 3.8) is 0 Å². The van der Waals surface area contributed by atoms with E-state index in [1.807, 2.05) is 12.3 Å². The average Bonchev–Trinajstić information content (AvgIpc) is 3.20. The first-order chi connectivity index (χ1) is 11.3. The lowest BCUT2D eigenvalue weighted by Crippen LogP contribution is -2.44. The minimum Gasteiger partial charge on any atom is -0.381 e. The molecule has 23 heavy (non-hydrogen) atoms. The smallest absolute Gasteiger partial charge is 0.0543 e. The second kappa shape index (κ2) is 6.88. The van der Waals surface area contributed by atoms with E-state index < -0.39 is 0 Å². The van der Waals surface area contributed by atoms with Crippen LogP contribution in [-0.4, -0.2) is 60.7 Å². The molecule has 0 radical (unpaired) electrons. The molecule has 3 saturated heterocycles. The molecule has 0 saturated carbocycles. The number of rotatable bonds is 4. The SMILES string of the molecule is c1ccc(CN2CCCC3(CCN(CC4CCOC4)C3)C2)nc1. The van der Waals surface area contributed by atoms with E-state index in [2.05, 4.69) is 26.9 Å². The minimum absolute atomic E-state index is 0.534. The molecule has 3 fully saturated rings. The van der Waals surface area contributed by atoms with E-state index >= 15 is 0 Å². The van der Waals surface area contributed by atoms with Crippen molar-refractivity contribution in [2.75, 3.05) is 45.9 Å². The van der Waals surface area contributed by atoms with Crippen LogP contribution in [-0.2, 0) is 11.3 Å². The van der Waals surface area contributed by atoms with Gasteiger partial charge < -0.3 is 9.64 Å². The highest BCUT2D eigenvalue weighted by atomic mass is 16.5. The van der Waals surface area contributed by atoms with Crippen LogP contribution in [0, 0.1) is 11.3 Å². The highest BCUT2D eigenvalue weighted by Gasteiger charge is 2.41. The molecule has 1 aromatic heterocycles. The number of hydrogen-bond donors (Lipinski definition) is 0. The third-order valence-corrected chi connectivity index (χ3v) is 5.91. The third kappa shape index (κ3) is 3.76. The van der Waals surface area contributed by atoms with Crippen molar-refractivity contribution >= 4 is 0 Å². The topological polar surface area (TPSA) is 28.6 Å². The summed E-state index contributed by atoms with van der Waals surface area (Å²) >= 11 is 0. The van der Waals surface area contributed by atoms with Gasteiger partial charge in [0.15, 0.2) is 0 Å². The van der Waals surface area contributed by atoms with E-state index in [0.717, 1.165) is 25.7 Å². The summed E-state index contributed by atoms with van der Waals surface area (Å²) < 4.78 is 5.55. The van der Waals surface area contributed by atoms with E-state index in [4.69, 9.17) is 4.74 Å². The fraction of sp³-hybridized carbons (Fsp3) is 0.737. The Labute approximate surface area is 139 Å². The Kier molecular flexibility index (Phi) is 4.65. The number of nitrogens with zero attached hydrogens (tertiary/aromatic N) is 3. The molecule has 2 atom stereocenters. The highest BCUT2D eigenvalue weighted by Crippen LogP contribution is 2.39. The number of ether oxygens (including phenoxy) is 1. The van der Waals surface area contributed by atoms with Gasteiger partial charge >= 0.3 is 0 Å². The van der Waals surface area contributed by atoms with Crippen LogP contribution in [0.25, 0.3) is 0 Å². The van der Waals surface area contributed by atoms with Gasteiger partial charge in [-0.05, 0) is 62.2 Å². The van der Waals surface area contributed by atoms with Gasteiger partial charge in [-0.3, -0.25) is 9.88 Å². The molecule has 4 heteroatoms. The van der Waals surface area contributed by atoms with Crippen molar-refractivity contribution in [2.24, 2.45) is 11.3 Å². The molecule has 3 aliphatic rings. The van der Waals surface area contributed by atoms with Crippen molar-refractivity contribution in [1.29, 1.82) is 0 Å². The van der Waals surface area contributed by atoms with Crippen LogP contribution in [0.2, 0.25) is 0 Å². The Hall–Kier alpha value is -0.970. The third-order valence-electron chi connectivity index (χ3n) is 5.91. The second-order valence-electron chi connectivity index (χ2n) is 7.85. The summed E-state index contributed by atoms with van der Waals surface area (Å²) in [5, 5.41) is 0. The largest absolute Gasteiger partial charge is 0.381 e. The maximum absolute atomic E-state index is 5.55. The summed E-state index contributed by atoms with van der Waals surface area (Å²) in [6.45, 7) is 9.28.